The number of thioether (sulfide) groups is 1. The van der Waals surface area contributed by atoms with Gasteiger partial charge in [-0.1, -0.05) is 23.9 Å². The Labute approximate surface area is 128 Å². The lowest BCUT2D eigenvalue weighted by Gasteiger charge is -1.97. The number of benzene rings is 1. The maximum absolute atomic E-state index is 11.6. The molecule has 3 rings (SSSR count). The topological polar surface area (TPSA) is 120 Å². The van der Waals surface area contributed by atoms with E-state index in [1.54, 1.807) is 6.33 Å². The summed E-state index contributed by atoms with van der Waals surface area (Å²) in [7, 11) is 0. The number of rotatable bonds is 4. The van der Waals surface area contributed by atoms with Crippen LogP contribution in [0.1, 0.15) is 12.0 Å². The highest BCUT2D eigenvalue weighted by molar-refractivity contribution is 8.15. The molecular formula is C13H11N5O3S. The molecule has 1 aliphatic heterocycles. The van der Waals surface area contributed by atoms with E-state index in [4.69, 9.17) is 5.11 Å². The molecule has 1 aliphatic rings. The molecule has 22 heavy (non-hydrogen) atoms. The molecule has 8 nitrogen and oxygen atoms in total. The van der Waals surface area contributed by atoms with E-state index in [1.165, 1.54) is 6.21 Å². The van der Waals surface area contributed by atoms with Crippen LogP contribution in [0.4, 0.5) is 0 Å². The van der Waals surface area contributed by atoms with Gasteiger partial charge < -0.3 is 15.4 Å². The zero-order valence-corrected chi connectivity index (χ0v) is 12.0. The Morgan fingerprint density at radius 2 is 2.36 bits per heavy atom. The number of carboxylic acids is 1. The molecule has 2 aromatic rings. The molecule has 1 aromatic carbocycles. The first-order chi connectivity index (χ1) is 10.6. The smallest absolute Gasteiger partial charge is 0.305 e. The first-order valence-corrected chi connectivity index (χ1v) is 7.24. The lowest BCUT2D eigenvalue weighted by Crippen LogP contribution is -2.26. The number of aliphatic carboxylic acids is 1. The summed E-state index contributed by atoms with van der Waals surface area (Å²) in [5, 5.41) is 18.7. The second kappa shape index (κ2) is 5.98. The van der Waals surface area contributed by atoms with E-state index in [0.717, 1.165) is 28.4 Å². The number of H-pyrrole nitrogens is 1. The molecule has 0 bridgehead atoms. The van der Waals surface area contributed by atoms with Gasteiger partial charge in [0.05, 0.1) is 30.0 Å². The third-order valence-electron chi connectivity index (χ3n) is 2.96. The highest BCUT2D eigenvalue weighted by Gasteiger charge is 2.32. The summed E-state index contributed by atoms with van der Waals surface area (Å²) in [5.41, 5.74) is 2.46. The van der Waals surface area contributed by atoms with Gasteiger partial charge in [0.25, 0.3) is 0 Å². The lowest BCUT2D eigenvalue weighted by molar-refractivity contribution is -0.138. The molecule has 1 amide bonds. The lowest BCUT2D eigenvalue weighted by atomic mass is 10.2. The van der Waals surface area contributed by atoms with Gasteiger partial charge in [0.15, 0.2) is 5.17 Å². The molecule has 1 fully saturated rings. The number of carboxylic acid groups (broad SMARTS) is 1. The average Bonchev–Trinajstić information content (AvgIpc) is 3.06. The minimum Gasteiger partial charge on any atom is -0.481 e. The van der Waals surface area contributed by atoms with E-state index in [9.17, 15) is 9.59 Å². The molecular weight excluding hydrogens is 306 g/mol. The van der Waals surface area contributed by atoms with Crippen molar-refractivity contribution in [1.29, 1.82) is 0 Å². The fraction of sp³-hybridized carbons (Fsp3) is 0.154. The van der Waals surface area contributed by atoms with Crippen LogP contribution in [-0.2, 0) is 9.59 Å². The molecule has 2 heterocycles. The third-order valence-corrected chi connectivity index (χ3v) is 4.04. The summed E-state index contributed by atoms with van der Waals surface area (Å²) in [6, 6.07) is 5.61. The first-order valence-electron chi connectivity index (χ1n) is 6.36. The maximum Gasteiger partial charge on any atom is 0.305 e. The SMILES string of the molecule is O=C(O)CC1SC(=NN=Cc2cccc3[nH]cnc23)NC1=O. The number of fused-ring (bicyclic) bond motifs is 1. The van der Waals surface area contributed by atoms with Crippen LogP contribution in [0.15, 0.2) is 34.7 Å². The Bertz CT molecular complexity index is 798. The number of imidazole rings is 1. The summed E-state index contributed by atoms with van der Waals surface area (Å²) >= 11 is 1.06. The fourth-order valence-corrected chi connectivity index (χ4v) is 2.90. The van der Waals surface area contributed by atoms with Gasteiger partial charge in [-0.15, -0.1) is 5.10 Å². The van der Waals surface area contributed by atoms with Gasteiger partial charge >= 0.3 is 5.97 Å². The number of hydrogen-bond acceptors (Lipinski definition) is 6. The van der Waals surface area contributed by atoms with Crippen molar-refractivity contribution < 1.29 is 14.7 Å². The normalized spacial score (nSPS) is 20.1. The summed E-state index contributed by atoms with van der Waals surface area (Å²) in [6.45, 7) is 0. The monoisotopic (exact) mass is 317 g/mol. The van der Waals surface area contributed by atoms with Crippen LogP contribution >= 0.6 is 11.8 Å². The Hall–Kier alpha value is -2.68. The molecule has 9 heteroatoms. The van der Waals surface area contributed by atoms with Gasteiger partial charge in [0, 0.05) is 5.56 Å². The van der Waals surface area contributed by atoms with Crippen molar-refractivity contribution in [3.63, 3.8) is 0 Å². The number of aromatic amines is 1. The first kappa shape index (κ1) is 14.3. The van der Waals surface area contributed by atoms with Crippen LogP contribution in [-0.4, -0.2) is 43.6 Å². The molecule has 3 N–H and O–H groups in total. The van der Waals surface area contributed by atoms with Crippen molar-refractivity contribution in [1.82, 2.24) is 15.3 Å². The molecule has 1 unspecified atom stereocenters. The van der Waals surface area contributed by atoms with Gasteiger partial charge in [-0.2, -0.15) is 5.10 Å². The number of hydrogen-bond donors (Lipinski definition) is 3. The number of nitrogens with zero attached hydrogens (tertiary/aromatic N) is 3. The van der Waals surface area contributed by atoms with Crippen LogP contribution < -0.4 is 5.32 Å². The Kier molecular flexibility index (Phi) is 3.88. The van der Waals surface area contributed by atoms with Crippen molar-refractivity contribution in [2.45, 2.75) is 11.7 Å². The Morgan fingerprint density at radius 3 is 3.18 bits per heavy atom. The van der Waals surface area contributed by atoms with E-state index in [2.05, 4.69) is 25.5 Å². The van der Waals surface area contributed by atoms with Crippen LogP contribution in [0, 0.1) is 0 Å². The second-order valence-corrected chi connectivity index (χ2v) is 5.68. The second-order valence-electron chi connectivity index (χ2n) is 4.49. The molecule has 0 spiro atoms. The average molecular weight is 317 g/mol. The molecule has 0 aliphatic carbocycles. The Balaban J connectivity index is 1.73. The van der Waals surface area contributed by atoms with Crippen LogP contribution in [0.2, 0.25) is 0 Å². The number of para-hydroxylation sites is 1. The van der Waals surface area contributed by atoms with Gasteiger partial charge in [-0.05, 0) is 6.07 Å². The van der Waals surface area contributed by atoms with Crippen molar-refractivity contribution in [2.75, 3.05) is 0 Å². The molecule has 0 saturated carbocycles. The predicted molar refractivity (Wildman–Crippen MR) is 82.9 cm³/mol. The highest BCUT2D eigenvalue weighted by atomic mass is 32.2. The number of carbonyl (C=O) groups is 2. The van der Waals surface area contributed by atoms with E-state index in [1.807, 2.05) is 18.2 Å². The fourth-order valence-electron chi connectivity index (χ4n) is 1.98. The highest BCUT2D eigenvalue weighted by Crippen LogP contribution is 2.22. The van der Waals surface area contributed by atoms with Crippen molar-refractivity contribution >= 4 is 46.1 Å². The molecule has 1 aromatic heterocycles. The van der Waals surface area contributed by atoms with Gasteiger partial charge in [-0.3, -0.25) is 9.59 Å². The summed E-state index contributed by atoms with van der Waals surface area (Å²) in [6.07, 6.45) is 2.89. The number of amidine groups is 1. The van der Waals surface area contributed by atoms with E-state index >= 15 is 0 Å². The van der Waals surface area contributed by atoms with Crippen molar-refractivity contribution in [2.24, 2.45) is 10.2 Å². The zero-order valence-electron chi connectivity index (χ0n) is 11.2. The van der Waals surface area contributed by atoms with Gasteiger partial charge in [-0.25, -0.2) is 4.98 Å². The minimum absolute atomic E-state index is 0.244. The third kappa shape index (κ3) is 2.98. The largest absolute Gasteiger partial charge is 0.481 e. The van der Waals surface area contributed by atoms with Crippen LogP contribution in [0.3, 0.4) is 0 Å². The molecule has 112 valence electrons. The van der Waals surface area contributed by atoms with Crippen LogP contribution in [0.25, 0.3) is 11.0 Å². The van der Waals surface area contributed by atoms with E-state index in [0.29, 0.717) is 5.17 Å². The summed E-state index contributed by atoms with van der Waals surface area (Å²) in [5.74, 6) is -1.39. The molecule has 0 radical (unpaired) electrons. The quantitative estimate of drug-likeness (QED) is 0.573. The minimum atomic E-state index is -1.03. The Morgan fingerprint density at radius 1 is 1.50 bits per heavy atom. The zero-order chi connectivity index (χ0) is 15.5. The van der Waals surface area contributed by atoms with Crippen molar-refractivity contribution in [3.05, 3.63) is 30.1 Å². The maximum atomic E-state index is 11.6. The summed E-state index contributed by atoms with van der Waals surface area (Å²) in [4.78, 5) is 29.4. The molecule has 1 saturated heterocycles. The number of nitrogens with one attached hydrogen (secondary N) is 2. The number of carbonyl (C=O) groups excluding carboxylic acids is 1. The van der Waals surface area contributed by atoms with Gasteiger partial charge in [0.1, 0.15) is 5.25 Å². The predicted octanol–water partition coefficient (Wildman–Crippen LogP) is 0.959. The van der Waals surface area contributed by atoms with Crippen LogP contribution in [0.5, 0.6) is 0 Å². The van der Waals surface area contributed by atoms with E-state index < -0.39 is 11.2 Å². The summed E-state index contributed by atoms with van der Waals surface area (Å²) < 4.78 is 0. The van der Waals surface area contributed by atoms with Gasteiger partial charge in [0.2, 0.25) is 5.91 Å². The van der Waals surface area contributed by atoms with Crippen molar-refractivity contribution in [3.8, 4) is 0 Å². The standard InChI is InChI=1S/C13H11N5O3S/c19-10(20)4-9-12(21)17-13(22-9)18-16-5-7-2-1-3-8-11(7)15-6-14-8/h1-3,5-6,9H,4H2,(H,14,15)(H,19,20)(H,17,18,21). The van der Waals surface area contributed by atoms with E-state index in [-0.39, 0.29) is 12.3 Å². The molecule has 1 atom stereocenters. The number of amides is 1. The number of aromatic nitrogens is 2.